The van der Waals surface area contributed by atoms with Gasteiger partial charge in [0.15, 0.2) is 0 Å². The number of hydrogen-bond acceptors (Lipinski definition) is 4. The fraction of sp³-hybridized carbons (Fsp3) is 0.125. The van der Waals surface area contributed by atoms with E-state index in [0.717, 1.165) is 22.8 Å². The highest BCUT2D eigenvalue weighted by Crippen LogP contribution is 2.20. The number of benzene rings is 1. The number of pyridine rings is 1. The van der Waals surface area contributed by atoms with Crippen molar-refractivity contribution in [1.29, 1.82) is 0 Å². The average molecular weight is 282 g/mol. The van der Waals surface area contributed by atoms with Crippen LogP contribution in [0.25, 0.3) is 6.08 Å². The van der Waals surface area contributed by atoms with E-state index in [4.69, 9.17) is 0 Å². The summed E-state index contributed by atoms with van der Waals surface area (Å²) in [5, 5.41) is 8.86. The standard InChI is InChI=1S/C16H18N4O/c1-17-13-7-3-4-8-14(13)20-15(21)10-9-12-6-5-11-19-16(12)18-2/h3-11,17H,1-2H3,(H,18,19)(H,20,21)/b10-9+. The number of carbonyl (C=O) groups is 1. The summed E-state index contributed by atoms with van der Waals surface area (Å²) < 4.78 is 0. The summed E-state index contributed by atoms with van der Waals surface area (Å²) in [6, 6.07) is 11.3. The predicted molar refractivity (Wildman–Crippen MR) is 87.4 cm³/mol. The van der Waals surface area contributed by atoms with Crippen molar-refractivity contribution in [3.63, 3.8) is 0 Å². The van der Waals surface area contributed by atoms with Crippen LogP contribution in [-0.4, -0.2) is 25.0 Å². The number of amides is 1. The molecule has 1 amide bonds. The highest BCUT2D eigenvalue weighted by atomic mass is 16.1. The molecule has 3 N–H and O–H groups in total. The molecule has 2 rings (SSSR count). The minimum absolute atomic E-state index is 0.191. The third-order valence-electron chi connectivity index (χ3n) is 2.94. The summed E-state index contributed by atoms with van der Waals surface area (Å²) in [7, 11) is 3.61. The van der Waals surface area contributed by atoms with E-state index in [2.05, 4.69) is 20.9 Å². The van der Waals surface area contributed by atoms with Crippen LogP contribution in [0.4, 0.5) is 17.2 Å². The Kier molecular flexibility index (Phi) is 4.93. The van der Waals surface area contributed by atoms with Crippen LogP contribution in [-0.2, 0) is 4.79 Å². The molecule has 0 fully saturated rings. The number of hydrogen-bond donors (Lipinski definition) is 3. The summed E-state index contributed by atoms with van der Waals surface area (Å²) in [5.41, 5.74) is 2.48. The molecule has 0 spiro atoms. The van der Waals surface area contributed by atoms with Crippen molar-refractivity contribution < 1.29 is 4.79 Å². The van der Waals surface area contributed by atoms with E-state index in [0.29, 0.717) is 0 Å². The van der Waals surface area contributed by atoms with Crippen molar-refractivity contribution in [3.05, 3.63) is 54.2 Å². The van der Waals surface area contributed by atoms with Gasteiger partial charge in [-0.2, -0.15) is 0 Å². The zero-order valence-corrected chi connectivity index (χ0v) is 12.1. The van der Waals surface area contributed by atoms with Gasteiger partial charge in [0.2, 0.25) is 5.91 Å². The zero-order chi connectivity index (χ0) is 15.1. The first-order chi connectivity index (χ1) is 10.2. The fourth-order valence-electron chi connectivity index (χ4n) is 1.91. The van der Waals surface area contributed by atoms with Gasteiger partial charge in [-0.25, -0.2) is 4.98 Å². The Hall–Kier alpha value is -2.82. The van der Waals surface area contributed by atoms with E-state index in [1.54, 1.807) is 19.3 Å². The summed E-state index contributed by atoms with van der Waals surface area (Å²) in [5.74, 6) is 0.542. The molecule has 0 unspecified atom stereocenters. The highest BCUT2D eigenvalue weighted by molar-refractivity contribution is 6.04. The normalized spacial score (nSPS) is 10.4. The Morgan fingerprint density at radius 2 is 1.81 bits per heavy atom. The maximum atomic E-state index is 12.0. The van der Waals surface area contributed by atoms with Gasteiger partial charge in [0.1, 0.15) is 5.82 Å². The van der Waals surface area contributed by atoms with Gasteiger partial charge in [0.25, 0.3) is 0 Å². The molecular weight excluding hydrogens is 264 g/mol. The molecule has 2 aromatic rings. The highest BCUT2D eigenvalue weighted by Gasteiger charge is 2.03. The van der Waals surface area contributed by atoms with Crippen molar-refractivity contribution >= 4 is 29.2 Å². The summed E-state index contributed by atoms with van der Waals surface area (Å²) in [6.07, 6.45) is 4.92. The first kappa shape index (κ1) is 14.6. The molecule has 0 saturated heterocycles. The van der Waals surface area contributed by atoms with Gasteiger partial charge in [0, 0.05) is 31.9 Å². The van der Waals surface area contributed by atoms with Crippen LogP contribution >= 0.6 is 0 Å². The zero-order valence-electron chi connectivity index (χ0n) is 12.1. The number of rotatable bonds is 5. The second-order valence-electron chi connectivity index (χ2n) is 4.31. The first-order valence-corrected chi connectivity index (χ1v) is 6.63. The molecule has 108 valence electrons. The quantitative estimate of drug-likeness (QED) is 0.738. The van der Waals surface area contributed by atoms with Crippen molar-refractivity contribution in [2.45, 2.75) is 0 Å². The lowest BCUT2D eigenvalue weighted by Gasteiger charge is -2.08. The lowest BCUT2D eigenvalue weighted by atomic mass is 10.2. The number of carbonyl (C=O) groups excluding carboxylic acids is 1. The molecule has 0 bridgehead atoms. The molecule has 0 aliphatic carbocycles. The second kappa shape index (κ2) is 7.09. The van der Waals surface area contributed by atoms with E-state index in [-0.39, 0.29) is 5.91 Å². The maximum absolute atomic E-state index is 12.0. The second-order valence-corrected chi connectivity index (χ2v) is 4.31. The lowest BCUT2D eigenvalue weighted by molar-refractivity contribution is -0.111. The Morgan fingerprint density at radius 1 is 1.05 bits per heavy atom. The van der Waals surface area contributed by atoms with Gasteiger partial charge in [-0.15, -0.1) is 0 Å². The third kappa shape index (κ3) is 3.82. The molecule has 21 heavy (non-hydrogen) atoms. The van der Waals surface area contributed by atoms with Crippen LogP contribution in [0.5, 0.6) is 0 Å². The third-order valence-corrected chi connectivity index (χ3v) is 2.94. The molecule has 0 radical (unpaired) electrons. The van der Waals surface area contributed by atoms with Crippen molar-refractivity contribution in [3.8, 4) is 0 Å². The molecular formula is C16H18N4O. The average Bonchev–Trinajstić information content (AvgIpc) is 2.53. The Balaban J connectivity index is 2.09. The molecule has 1 aromatic heterocycles. The fourth-order valence-corrected chi connectivity index (χ4v) is 1.91. The van der Waals surface area contributed by atoms with E-state index in [1.165, 1.54) is 6.08 Å². The molecule has 5 nitrogen and oxygen atoms in total. The van der Waals surface area contributed by atoms with Crippen LogP contribution in [0.1, 0.15) is 5.56 Å². The van der Waals surface area contributed by atoms with Gasteiger partial charge in [0.05, 0.1) is 11.4 Å². The van der Waals surface area contributed by atoms with Crippen molar-refractivity contribution in [2.24, 2.45) is 0 Å². The van der Waals surface area contributed by atoms with Gasteiger partial charge < -0.3 is 16.0 Å². The topological polar surface area (TPSA) is 66.0 Å². The monoisotopic (exact) mass is 282 g/mol. The Morgan fingerprint density at radius 3 is 2.52 bits per heavy atom. The smallest absolute Gasteiger partial charge is 0.248 e. The number of aromatic nitrogens is 1. The SMILES string of the molecule is CNc1ccccc1NC(=O)/C=C/c1cccnc1NC. The molecule has 0 atom stereocenters. The summed E-state index contributed by atoms with van der Waals surface area (Å²) >= 11 is 0. The largest absolute Gasteiger partial charge is 0.386 e. The molecule has 1 heterocycles. The Bertz CT molecular complexity index is 652. The molecule has 5 heteroatoms. The first-order valence-electron chi connectivity index (χ1n) is 6.63. The summed E-state index contributed by atoms with van der Waals surface area (Å²) in [6.45, 7) is 0. The van der Waals surface area contributed by atoms with Crippen LogP contribution in [0.15, 0.2) is 48.7 Å². The van der Waals surface area contributed by atoms with Gasteiger partial charge in [-0.1, -0.05) is 12.1 Å². The minimum atomic E-state index is -0.191. The van der Waals surface area contributed by atoms with E-state index < -0.39 is 0 Å². The summed E-state index contributed by atoms with van der Waals surface area (Å²) in [4.78, 5) is 16.2. The van der Waals surface area contributed by atoms with Crippen LogP contribution in [0, 0.1) is 0 Å². The van der Waals surface area contributed by atoms with E-state index in [1.807, 2.05) is 43.4 Å². The molecule has 0 aliphatic heterocycles. The number of nitrogens with one attached hydrogen (secondary N) is 3. The molecule has 1 aromatic carbocycles. The Labute approximate surface area is 124 Å². The van der Waals surface area contributed by atoms with Crippen molar-refractivity contribution in [2.75, 3.05) is 30.0 Å². The number of anilines is 3. The number of para-hydroxylation sites is 2. The predicted octanol–water partition coefficient (Wildman–Crippen LogP) is 2.82. The van der Waals surface area contributed by atoms with Crippen molar-refractivity contribution in [1.82, 2.24) is 4.98 Å². The lowest BCUT2D eigenvalue weighted by Crippen LogP contribution is -2.09. The van der Waals surface area contributed by atoms with Gasteiger partial charge >= 0.3 is 0 Å². The van der Waals surface area contributed by atoms with Crippen LogP contribution in [0.2, 0.25) is 0 Å². The van der Waals surface area contributed by atoms with Gasteiger partial charge in [-0.3, -0.25) is 4.79 Å². The van der Waals surface area contributed by atoms with E-state index >= 15 is 0 Å². The maximum Gasteiger partial charge on any atom is 0.248 e. The molecule has 0 aliphatic rings. The van der Waals surface area contributed by atoms with Crippen LogP contribution < -0.4 is 16.0 Å². The van der Waals surface area contributed by atoms with Crippen LogP contribution in [0.3, 0.4) is 0 Å². The van der Waals surface area contributed by atoms with Gasteiger partial charge in [-0.05, 0) is 30.3 Å². The number of nitrogens with zero attached hydrogens (tertiary/aromatic N) is 1. The molecule has 0 saturated carbocycles. The minimum Gasteiger partial charge on any atom is -0.386 e. The van der Waals surface area contributed by atoms with E-state index in [9.17, 15) is 4.79 Å².